The summed E-state index contributed by atoms with van der Waals surface area (Å²) < 4.78 is 5.21. The van der Waals surface area contributed by atoms with Crippen LogP contribution >= 0.6 is 23.2 Å². The molecule has 94 valence electrons. The number of nitrogens with two attached hydrogens (primary N) is 1. The van der Waals surface area contributed by atoms with Gasteiger partial charge < -0.3 is 10.3 Å². The average molecular weight is 284 g/mol. The number of aromatic nitrogens is 2. The van der Waals surface area contributed by atoms with Gasteiger partial charge in [0.1, 0.15) is 0 Å². The molecule has 18 heavy (non-hydrogen) atoms. The summed E-state index contributed by atoms with van der Waals surface area (Å²) >= 11 is 11.9. The van der Waals surface area contributed by atoms with Gasteiger partial charge in [0.05, 0.1) is 16.3 Å². The fourth-order valence-corrected chi connectivity index (χ4v) is 2.28. The highest BCUT2D eigenvalue weighted by atomic mass is 35.5. The van der Waals surface area contributed by atoms with Gasteiger partial charge in [-0.2, -0.15) is 4.98 Å². The van der Waals surface area contributed by atoms with Crippen LogP contribution in [0, 0.1) is 5.92 Å². The van der Waals surface area contributed by atoms with E-state index in [0.29, 0.717) is 38.9 Å². The van der Waals surface area contributed by atoms with E-state index >= 15 is 0 Å². The second kappa shape index (κ2) is 4.44. The largest absolute Gasteiger partial charge is 0.397 e. The summed E-state index contributed by atoms with van der Waals surface area (Å²) in [6, 6.07) is 3.26. The number of anilines is 1. The molecule has 0 unspecified atom stereocenters. The summed E-state index contributed by atoms with van der Waals surface area (Å²) in [5.74, 6) is 1.78. The quantitative estimate of drug-likeness (QED) is 0.875. The summed E-state index contributed by atoms with van der Waals surface area (Å²) in [5.41, 5.74) is 6.88. The van der Waals surface area contributed by atoms with Crippen LogP contribution in [-0.2, 0) is 6.42 Å². The van der Waals surface area contributed by atoms with Crippen molar-refractivity contribution in [3.05, 3.63) is 28.0 Å². The van der Waals surface area contributed by atoms with Gasteiger partial charge in [-0.05, 0) is 30.9 Å². The molecule has 6 heteroatoms. The highest BCUT2D eigenvalue weighted by molar-refractivity contribution is 6.37. The maximum Gasteiger partial charge on any atom is 0.260 e. The van der Waals surface area contributed by atoms with Crippen molar-refractivity contribution in [1.82, 2.24) is 10.1 Å². The third-order valence-electron chi connectivity index (χ3n) is 2.96. The predicted molar refractivity (Wildman–Crippen MR) is 70.6 cm³/mol. The van der Waals surface area contributed by atoms with Crippen molar-refractivity contribution in [3.63, 3.8) is 0 Å². The van der Waals surface area contributed by atoms with Crippen LogP contribution in [0.3, 0.4) is 0 Å². The van der Waals surface area contributed by atoms with Crippen LogP contribution < -0.4 is 5.73 Å². The molecule has 0 aliphatic heterocycles. The van der Waals surface area contributed by atoms with Gasteiger partial charge >= 0.3 is 0 Å². The fourth-order valence-electron chi connectivity index (χ4n) is 1.79. The molecule has 0 bridgehead atoms. The molecule has 1 heterocycles. The second-order valence-corrected chi connectivity index (χ2v) is 5.36. The normalized spacial score (nSPS) is 15.0. The Hall–Kier alpha value is -1.26. The predicted octanol–water partition coefficient (Wildman–Crippen LogP) is 3.58. The van der Waals surface area contributed by atoms with Gasteiger partial charge in [0.15, 0.2) is 5.82 Å². The molecule has 1 aromatic heterocycles. The first-order valence-electron chi connectivity index (χ1n) is 5.71. The summed E-state index contributed by atoms with van der Waals surface area (Å²) in [6.07, 6.45) is 3.35. The molecule has 1 saturated carbocycles. The molecule has 2 N–H and O–H groups in total. The number of nitrogens with zero attached hydrogens (tertiary/aromatic N) is 2. The number of benzene rings is 1. The molecule has 0 atom stereocenters. The van der Waals surface area contributed by atoms with Gasteiger partial charge in [-0.3, -0.25) is 0 Å². The smallest absolute Gasteiger partial charge is 0.260 e. The minimum absolute atomic E-state index is 0.368. The van der Waals surface area contributed by atoms with Gasteiger partial charge in [0.2, 0.25) is 0 Å². The Morgan fingerprint density at radius 1 is 1.33 bits per heavy atom. The molecule has 1 fully saturated rings. The molecule has 0 spiro atoms. The van der Waals surface area contributed by atoms with Crippen LogP contribution in [0.25, 0.3) is 11.5 Å². The molecule has 1 aliphatic rings. The lowest BCUT2D eigenvalue weighted by Crippen LogP contribution is -1.93. The Bertz CT molecular complexity index is 593. The highest BCUT2D eigenvalue weighted by Gasteiger charge is 2.24. The van der Waals surface area contributed by atoms with E-state index < -0.39 is 0 Å². The van der Waals surface area contributed by atoms with Crippen molar-refractivity contribution < 1.29 is 4.52 Å². The van der Waals surface area contributed by atoms with E-state index in [4.69, 9.17) is 33.5 Å². The van der Waals surface area contributed by atoms with Crippen LogP contribution in [0.5, 0.6) is 0 Å². The number of rotatable bonds is 3. The van der Waals surface area contributed by atoms with Gasteiger partial charge in [0, 0.05) is 11.4 Å². The summed E-state index contributed by atoms with van der Waals surface area (Å²) in [7, 11) is 0. The monoisotopic (exact) mass is 283 g/mol. The molecule has 0 saturated heterocycles. The summed E-state index contributed by atoms with van der Waals surface area (Å²) in [5, 5.41) is 4.83. The maximum absolute atomic E-state index is 5.97. The zero-order valence-electron chi connectivity index (χ0n) is 9.49. The van der Waals surface area contributed by atoms with Gasteiger partial charge in [0.25, 0.3) is 5.89 Å². The van der Waals surface area contributed by atoms with E-state index in [1.54, 1.807) is 12.1 Å². The number of hydrogen-bond acceptors (Lipinski definition) is 4. The zero-order chi connectivity index (χ0) is 12.7. The van der Waals surface area contributed by atoms with E-state index in [1.165, 1.54) is 12.8 Å². The Morgan fingerprint density at radius 2 is 2.11 bits per heavy atom. The Kier molecular flexibility index (Phi) is 2.92. The number of halogens is 2. The second-order valence-electron chi connectivity index (χ2n) is 4.51. The van der Waals surface area contributed by atoms with Gasteiger partial charge in [-0.15, -0.1) is 0 Å². The van der Waals surface area contributed by atoms with Crippen molar-refractivity contribution in [2.45, 2.75) is 19.3 Å². The van der Waals surface area contributed by atoms with Crippen molar-refractivity contribution in [2.24, 2.45) is 5.92 Å². The van der Waals surface area contributed by atoms with Crippen molar-refractivity contribution in [3.8, 4) is 11.5 Å². The summed E-state index contributed by atoms with van der Waals surface area (Å²) in [4.78, 5) is 4.33. The van der Waals surface area contributed by atoms with Crippen LogP contribution in [0.1, 0.15) is 18.7 Å². The lowest BCUT2D eigenvalue weighted by atomic mass is 10.2. The molecular weight excluding hydrogens is 273 g/mol. The van der Waals surface area contributed by atoms with Gasteiger partial charge in [-0.1, -0.05) is 28.4 Å². The first-order chi connectivity index (χ1) is 8.63. The SMILES string of the molecule is Nc1c(Cl)cc(Cl)cc1-c1nc(CC2CC2)no1. The molecule has 0 radical (unpaired) electrons. The van der Waals surface area contributed by atoms with Crippen molar-refractivity contribution in [2.75, 3.05) is 5.73 Å². The van der Waals surface area contributed by atoms with Crippen LogP contribution in [-0.4, -0.2) is 10.1 Å². The van der Waals surface area contributed by atoms with Crippen LogP contribution in [0.15, 0.2) is 16.7 Å². The van der Waals surface area contributed by atoms with Crippen LogP contribution in [0.2, 0.25) is 10.0 Å². The van der Waals surface area contributed by atoms with E-state index in [9.17, 15) is 0 Å². The Morgan fingerprint density at radius 3 is 2.83 bits per heavy atom. The summed E-state index contributed by atoms with van der Waals surface area (Å²) in [6.45, 7) is 0. The number of hydrogen-bond donors (Lipinski definition) is 1. The third-order valence-corrected chi connectivity index (χ3v) is 3.49. The fraction of sp³-hybridized carbons (Fsp3) is 0.333. The van der Waals surface area contributed by atoms with E-state index in [1.807, 2.05) is 0 Å². The lowest BCUT2D eigenvalue weighted by molar-refractivity contribution is 0.421. The maximum atomic E-state index is 5.97. The van der Waals surface area contributed by atoms with Crippen molar-refractivity contribution in [1.29, 1.82) is 0 Å². The molecule has 1 aliphatic carbocycles. The minimum atomic E-state index is 0.368. The number of nitrogen functional groups attached to an aromatic ring is 1. The molecule has 3 rings (SSSR count). The van der Waals surface area contributed by atoms with E-state index in [-0.39, 0.29) is 0 Å². The van der Waals surface area contributed by atoms with Crippen LogP contribution in [0.4, 0.5) is 5.69 Å². The van der Waals surface area contributed by atoms with E-state index in [2.05, 4.69) is 10.1 Å². The first-order valence-corrected chi connectivity index (χ1v) is 6.46. The average Bonchev–Trinajstić information content (AvgIpc) is 3.00. The lowest BCUT2D eigenvalue weighted by Gasteiger charge is -2.03. The van der Waals surface area contributed by atoms with E-state index in [0.717, 1.165) is 6.42 Å². The molecule has 2 aromatic rings. The topological polar surface area (TPSA) is 64.9 Å². The highest BCUT2D eigenvalue weighted by Crippen LogP contribution is 2.35. The standard InChI is InChI=1S/C12H11Cl2N3O/c13-7-4-8(11(15)9(14)5-7)12-16-10(17-18-12)3-6-1-2-6/h4-6H,1-3,15H2. The first kappa shape index (κ1) is 11.8. The Balaban J connectivity index is 1.95. The molecule has 0 amide bonds. The zero-order valence-corrected chi connectivity index (χ0v) is 11.0. The minimum Gasteiger partial charge on any atom is -0.397 e. The molecule has 1 aromatic carbocycles. The van der Waals surface area contributed by atoms with Crippen molar-refractivity contribution >= 4 is 28.9 Å². The molecule has 4 nitrogen and oxygen atoms in total. The Labute approximate surface area is 114 Å². The van der Waals surface area contributed by atoms with Gasteiger partial charge in [-0.25, -0.2) is 0 Å². The molecular formula is C12H11Cl2N3O. The third kappa shape index (κ3) is 2.31.